The highest BCUT2D eigenvalue weighted by molar-refractivity contribution is 5.81. The lowest BCUT2D eigenvalue weighted by Gasteiger charge is -2.41. The van der Waals surface area contributed by atoms with Crippen LogP contribution in [-0.4, -0.2) is 41.6 Å². The maximum absolute atomic E-state index is 13.0. The Kier molecular flexibility index (Phi) is 5.79. The molecule has 4 nitrogen and oxygen atoms in total. The fourth-order valence-electron chi connectivity index (χ4n) is 4.33. The van der Waals surface area contributed by atoms with E-state index in [1.807, 2.05) is 0 Å². The highest BCUT2D eigenvalue weighted by Crippen LogP contribution is 2.30. The van der Waals surface area contributed by atoms with Gasteiger partial charge in [0.25, 0.3) is 5.91 Å². The van der Waals surface area contributed by atoms with Gasteiger partial charge in [-0.3, -0.25) is 14.5 Å². The maximum atomic E-state index is 13.0. The maximum Gasteiger partial charge on any atom is 0.263 e. The molecule has 2 aliphatic rings. The fourth-order valence-corrected chi connectivity index (χ4v) is 4.33. The Balaban J connectivity index is 1.36. The Labute approximate surface area is 168 Å². The van der Waals surface area contributed by atoms with Gasteiger partial charge < -0.3 is 0 Å². The van der Waals surface area contributed by atoms with Crippen LogP contribution in [0.3, 0.4) is 0 Å². The molecule has 1 unspecified atom stereocenters. The van der Waals surface area contributed by atoms with Crippen molar-refractivity contribution in [2.45, 2.75) is 51.6 Å². The molecule has 2 aliphatic heterocycles. The molecule has 0 aliphatic carbocycles. The first-order valence-electron chi connectivity index (χ1n) is 10.4. The third-order valence-corrected chi connectivity index (χ3v) is 6.14. The van der Waals surface area contributed by atoms with Crippen LogP contribution in [0.15, 0.2) is 48.5 Å². The van der Waals surface area contributed by atoms with E-state index in [9.17, 15) is 4.79 Å². The molecule has 2 aromatic carbocycles. The van der Waals surface area contributed by atoms with E-state index in [1.165, 1.54) is 16.7 Å². The number of rotatable bonds is 4. The van der Waals surface area contributed by atoms with Gasteiger partial charge in [0.05, 0.1) is 19.2 Å². The summed E-state index contributed by atoms with van der Waals surface area (Å²) in [6.45, 7) is 7.30. The van der Waals surface area contributed by atoms with Crippen LogP contribution >= 0.6 is 0 Å². The average Bonchev–Trinajstić information content (AvgIpc) is 2.72. The molecule has 1 amide bonds. The van der Waals surface area contributed by atoms with Gasteiger partial charge in [-0.1, -0.05) is 59.7 Å². The molecule has 28 heavy (non-hydrogen) atoms. The Bertz CT molecular complexity index is 792. The Hall–Kier alpha value is -2.17. The smallest absolute Gasteiger partial charge is 0.263 e. The lowest BCUT2D eigenvalue weighted by atomic mass is 9.88. The van der Waals surface area contributed by atoms with Crippen molar-refractivity contribution in [1.82, 2.24) is 9.96 Å². The molecule has 148 valence electrons. The minimum absolute atomic E-state index is 0.0434. The molecular weight excluding hydrogens is 348 g/mol. The topological polar surface area (TPSA) is 32.8 Å². The molecule has 2 saturated heterocycles. The molecular formula is C24H30N2O2. The second-order valence-electron chi connectivity index (χ2n) is 8.22. The predicted molar refractivity (Wildman–Crippen MR) is 111 cm³/mol. The van der Waals surface area contributed by atoms with Gasteiger partial charge in [0.15, 0.2) is 0 Å². The third kappa shape index (κ3) is 4.29. The zero-order valence-electron chi connectivity index (χ0n) is 16.9. The lowest BCUT2D eigenvalue weighted by Crippen LogP contribution is -2.54. The minimum Gasteiger partial charge on any atom is -0.292 e. The van der Waals surface area contributed by atoms with Crippen LogP contribution in [0.1, 0.15) is 47.4 Å². The van der Waals surface area contributed by atoms with E-state index in [0.29, 0.717) is 19.1 Å². The van der Waals surface area contributed by atoms with E-state index in [4.69, 9.17) is 4.84 Å². The van der Waals surface area contributed by atoms with E-state index in [2.05, 4.69) is 67.3 Å². The first-order chi connectivity index (χ1) is 13.6. The summed E-state index contributed by atoms with van der Waals surface area (Å²) in [6.07, 6.45) is 3.02. The highest BCUT2D eigenvalue weighted by atomic mass is 16.7. The number of hydrogen-bond donors (Lipinski definition) is 0. The van der Waals surface area contributed by atoms with Gasteiger partial charge in [-0.25, -0.2) is 5.06 Å². The lowest BCUT2D eigenvalue weighted by molar-refractivity contribution is -0.212. The first-order valence-corrected chi connectivity index (χ1v) is 10.4. The molecule has 4 heteroatoms. The predicted octanol–water partition coefficient (Wildman–Crippen LogP) is 4.22. The number of amides is 1. The Morgan fingerprint density at radius 1 is 0.893 bits per heavy atom. The van der Waals surface area contributed by atoms with Crippen LogP contribution in [0.5, 0.6) is 0 Å². The number of aryl methyl sites for hydroxylation is 2. The summed E-state index contributed by atoms with van der Waals surface area (Å²) < 4.78 is 0. The molecule has 0 aromatic heterocycles. The molecule has 0 radical (unpaired) electrons. The SMILES string of the molecule is Cc1ccc(CN2OCCC(N3CCC(c4ccc(C)cc4)CC3)C2=O)cc1. The number of carbonyl (C=O) groups is 1. The van der Waals surface area contributed by atoms with E-state index in [1.54, 1.807) is 5.06 Å². The summed E-state index contributed by atoms with van der Waals surface area (Å²) in [7, 11) is 0. The van der Waals surface area contributed by atoms with E-state index < -0.39 is 0 Å². The van der Waals surface area contributed by atoms with Crippen molar-refractivity contribution < 1.29 is 9.63 Å². The number of piperidine rings is 1. The molecule has 2 fully saturated rings. The quantitative estimate of drug-likeness (QED) is 0.799. The molecule has 0 spiro atoms. The molecule has 1 atom stereocenters. The molecule has 2 heterocycles. The number of hydrogen-bond acceptors (Lipinski definition) is 3. The number of nitrogens with zero attached hydrogens (tertiary/aromatic N) is 2. The third-order valence-electron chi connectivity index (χ3n) is 6.14. The zero-order chi connectivity index (χ0) is 19.5. The molecule has 2 aromatic rings. The van der Waals surface area contributed by atoms with Gasteiger partial charge in [-0.15, -0.1) is 0 Å². The average molecular weight is 379 g/mol. The summed E-state index contributed by atoms with van der Waals surface area (Å²) in [6, 6.07) is 17.2. The second kappa shape index (κ2) is 8.46. The number of carbonyl (C=O) groups excluding carboxylic acids is 1. The van der Waals surface area contributed by atoms with Crippen molar-refractivity contribution in [3.8, 4) is 0 Å². The fraction of sp³-hybridized carbons (Fsp3) is 0.458. The monoisotopic (exact) mass is 378 g/mol. The standard InChI is InChI=1S/C24H30N2O2/c1-18-3-7-20(8-4-18)17-26-24(27)23(13-16-28-26)25-14-11-22(12-15-25)21-9-5-19(2)6-10-21/h3-10,22-23H,11-17H2,1-2H3. The normalized spacial score (nSPS) is 21.9. The van der Waals surface area contributed by atoms with Gasteiger partial charge in [0, 0.05) is 0 Å². The van der Waals surface area contributed by atoms with Crippen LogP contribution in [0.2, 0.25) is 0 Å². The Morgan fingerprint density at radius 3 is 2.14 bits per heavy atom. The Morgan fingerprint density at radius 2 is 1.50 bits per heavy atom. The summed E-state index contributed by atoms with van der Waals surface area (Å²) in [5.41, 5.74) is 5.08. The van der Waals surface area contributed by atoms with Crippen LogP contribution in [0.4, 0.5) is 0 Å². The number of hydroxylamine groups is 2. The van der Waals surface area contributed by atoms with E-state index in [-0.39, 0.29) is 11.9 Å². The minimum atomic E-state index is -0.0434. The molecule has 0 N–H and O–H groups in total. The van der Waals surface area contributed by atoms with Gasteiger partial charge in [0.2, 0.25) is 0 Å². The second-order valence-corrected chi connectivity index (χ2v) is 8.22. The molecule has 0 saturated carbocycles. The van der Waals surface area contributed by atoms with E-state index >= 15 is 0 Å². The van der Waals surface area contributed by atoms with Crippen molar-refractivity contribution in [2.24, 2.45) is 0 Å². The summed E-state index contributed by atoms with van der Waals surface area (Å²) >= 11 is 0. The van der Waals surface area contributed by atoms with Crippen LogP contribution in [0, 0.1) is 13.8 Å². The van der Waals surface area contributed by atoms with Gasteiger partial charge in [-0.05, 0) is 63.2 Å². The van der Waals surface area contributed by atoms with Crippen molar-refractivity contribution in [1.29, 1.82) is 0 Å². The summed E-state index contributed by atoms with van der Waals surface area (Å²) in [5.74, 6) is 0.719. The summed E-state index contributed by atoms with van der Waals surface area (Å²) in [5, 5.41) is 1.57. The number of likely N-dealkylation sites (tertiary alicyclic amines) is 1. The van der Waals surface area contributed by atoms with Crippen LogP contribution < -0.4 is 0 Å². The molecule has 0 bridgehead atoms. The van der Waals surface area contributed by atoms with Crippen LogP contribution in [0.25, 0.3) is 0 Å². The van der Waals surface area contributed by atoms with E-state index in [0.717, 1.165) is 37.9 Å². The highest BCUT2D eigenvalue weighted by Gasteiger charge is 2.36. The summed E-state index contributed by atoms with van der Waals surface area (Å²) in [4.78, 5) is 21.1. The zero-order valence-corrected chi connectivity index (χ0v) is 16.9. The number of benzene rings is 2. The van der Waals surface area contributed by atoms with Gasteiger partial charge in [0.1, 0.15) is 0 Å². The largest absolute Gasteiger partial charge is 0.292 e. The van der Waals surface area contributed by atoms with Crippen molar-refractivity contribution in [3.63, 3.8) is 0 Å². The van der Waals surface area contributed by atoms with Gasteiger partial charge >= 0.3 is 0 Å². The molecule has 4 rings (SSSR count). The van der Waals surface area contributed by atoms with Crippen molar-refractivity contribution in [3.05, 3.63) is 70.8 Å². The van der Waals surface area contributed by atoms with Gasteiger partial charge in [-0.2, -0.15) is 0 Å². The first kappa shape index (κ1) is 19.2. The van der Waals surface area contributed by atoms with Crippen LogP contribution in [-0.2, 0) is 16.2 Å². The van der Waals surface area contributed by atoms with Crippen molar-refractivity contribution in [2.75, 3.05) is 19.7 Å². The van der Waals surface area contributed by atoms with Crippen molar-refractivity contribution >= 4 is 5.91 Å².